The van der Waals surface area contributed by atoms with Gasteiger partial charge in [-0.2, -0.15) is 5.10 Å². The number of rotatable bonds is 6. The van der Waals surface area contributed by atoms with Crippen molar-refractivity contribution in [2.75, 3.05) is 6.61 Å². The molecule has 0 spiro atoms. The molecule has 6 heteroatoms. The maximum Gasteiger partial charge on any atom is 0.244 e. The van der Waals surface area contributed by atoms with Crippen LogP contribution in [0.4, 0.5) is 0 Å². The van der Waals surface area contributed by atoms with E-state index in [1.165, 1.54) is 0 Å². The molecule has 1 N–H and O–H groups in total. The molecular weight excluding hydrogens is 256 g/mol. The zero-order valence-corrected chi connectivity index (χ0v) is 11.6. The first-order valence-corrected chi connectivity index (χ1v) is 6.56. The smallest absolute Gasteiger partial charge is 0.244 e. The van der Waals surface area contributed by atoms with Gasteiger partial charge in [-0.1, -0.05) is 6.07 Å². The molecule has 0 saturated heterocycles. The average molecular weight is 274 g/mol. The third kappa shape index (κ3) is 3.34. The van der Waals surface area contributed by atoms with E-state index in [0.717, 1.165) is 5.56 Å². The van der Waals surface area contributed by atoms with Crippen LogP contribution >= 0.6 is 0 Å². The minimum Gasteiger partial charge on any atom is -0.478 e. The summed E-state index contributed by atoms with van der Waals surface area (Å²) in [4.78, 5) is 16.2. The Labute approximate surface area is 117 Å². The fraction of sp³-hybridized carbons (Fsp3) is 0.357. The standard InChI is InChI=1S/C14H18N4O2/c1-3-20-14-12(6-4-7-15-14)10-16-13(19)11(2)18-9-5-8-17-18/h4-9,11H,3,10H2,1-2H3,(H,16,19)/t11-/m0/s1. The summed E-state index contributed by atoms with van der Waals surface area (Å²) in [6.45, 7) is 4.63. The Balaban J connectivity index is 1.96. The maximum atomic E-state index is 12.1. The highest BCUT2D eigenvalue weighted by Crippen LogP contribution is 2.14. The molecule has 0 aliphatic carbocycles. The van der Waals surface area contributed by atoms with Crippen LogP contribution in [0.2, 0.25) is 0 Å². The van der Waals surface area contributed by atoms with E-state index in [0.29, 0.717) is 19.0 Å². The first-order chi connectivity index (χ1) is 9.72. The van der Waals surface area contributed by atoms with Crippen molar-refractivity contribution in [1.29, 1.82) is 0 Å². The normalized spacial score (nSPS) is 11.9. The van der Waals surface area contributed by atoms with Crippen molar-refractivity contribution in [2.45, 2.75) is 26.4 Å². The molecule has 2 aromatic heterocycles. The van der Waals surface area contributed by atoms with Gasteiger partial charge in [-0.15, -0.1) is 0 Å². The van der Waals surface area contributed by atoms with Gasteiger partial charge in [0.25, 0.3) is 0 Å². The Hall–Kier alpha value is -2.37. The molecule has 0 bridgehead atoms. The summed E-state index contributed by atoms with van der Waals surface area (Å²) in [5.74, 6) is 0.460. The van der Waals surface area contributed by atoms with Gasteiger partial charge in [0.15, 0.2) is 0 Å². The quantitative estimate of drug-likeness (QED) is 0.867. The maximum absolute atomic E-state index is 12.1. The third-order valence-electron chi connectivity index (χ3n) is 2.89. The van der Waals surface area contributed by atoms with E-state index in [2.05, 4.69) is 15.4 Å². The van der Waals surface area contributed by atoms with Gasteiger partial charge in [0.05, 0.1) is 6.61 Å². The number of carbonyl (C=O) groups is 1. The lowest BCUT2D eigenvalue weighted by molar-refractivity contribution is -0.124. The van der Waals surface area contributed by atoms with Crippen LogP contribution in [0.25, 0.3) is 0 Å². The summed E-state index contributed by atoms with van der Waals surface area (Å²) >= 11 is 0. The van der Waals surface area contributed by atoms with E-state index in [1.54, 1.807) is 36.3 Å². The highest BCUT2D eigenvalue weighted by Gasteiger charge is 2.15. The SMILES string of the molecule is CCOc1ncccc1CNC(=O)[C@H](C)n1cccn1. The monoisotopic (exact) mass is 274 g/mol. The van der Waals surface area contributed by atoms with E-state index in [9.17, 15) is 4.79 Å². The Morgan fingerprint density at radius 2 is 2.30 bits per heavy atom. The van der Waals surface area contributed by atoms with Crippen molar-refractivity contribution < 1.29 is 9.53 Å². The largest absolute Gasteiger partial charge is 0.478 e. The number of hydrogen-bond acceptors (Lipinski definition) is 4. The number of nitrogens with one attached hydrogen (secondary N) is 1. The minimum atomic E-state index is -0.350. The van der Waals surface area contributed by atoms with Crippen LogP contribution in [0.3, 0.4) is 0 Å². The lowest BCUT2D eigenvalue weighted by Crippen LogP contribution is -2.31. The summed E-state index contributed by atoms with van der Waals surface area (Å²) in [6, 6.07) is 5.15. The molecule has 1 atom stereocenters. The molecule has 20 heavy (non-hydrogen) atoms. The lowest BCUT2D eigenvalue weighted by Gasteiger charge is -2.14. The van der Waals surface area contributed by atoms with Crippen molar-refractivity contribution in [3.63, 3.8) is 0 Å². The lowest BCUT2D eigenvalue weighted by atomic mass is 10.2. The fourth-order valence-electron chi connectivity index (χ4n) is 1.79. The summed E-state index contributed by atoms with van der Waals surface area (Å²) in [5, 5.41) is 6.92. The number of nitrogens with zero attached hydrogens (tertiary/aromatic N) is 3. The Bertz CT molecular complexity index is 554. The van der Waals surface area contributed by atoms with E-state index in [4.69, 9.17) is 4.74 Å². The van der Waals surface area contributed by atoms with Gasteiger partial charge in [-0.25, -0.2) is 4.98 Å². The van der Waals surface area contributed by atoms with Crippen molar-refractivity contribution in [1.82, 2.24) is 20.1 Å². The topological polar surface area (TPSA) is 69.0 Å². The van der Waals surface area contributed by atoms with Crippen LogP contribution in [-0.4, -0.2) is 27.3 Å². The zero-order chi connectivity index (χ0) is 14.4. The number of carbonyl (C=O) groups excluding carboxylic acids is 1. The van der Waals surface area contributed by atoms with Crippen molar-refractivity contribution >= 4 is 5.91 Å². The Morgan fingerprint density at radius 3 is 3.00 bits per heavy atom. The minimum absolute atomic E-state index is 0.0972. The van der Waals surface area contributed by atoms with Crippen LogP contribution in [0.1, 0.15) is 25.5 Å². The van der Waals surface area contributed by atoms with Crippen LogP contribution in [-0.2, 0) is 11.3 Å². The number of ether oxygens (including phenoxy) is 1. The molecule has 0 fully saturated rings. The summed E-state index contributed by atoms with van der Waals surface area (Å²) in [6.07, 6.45) is 5.08. The van der Waals surface area contributed by atoms with Gasteiger partial charge in [0, 0.05) is 30.7 Å². The van der Waals surface area contributed by atoms with Crippen molar-refractivity contribution in [3.8, 4) is 5.88 Å². The van der Waals surface area contributed by atoms with Gasteiger partial charge in [-0.05, 0) is 26.0 Å². The molecular formula is C14H18N4O2. The zero-order valence-electron chi connectivity index (χ0n) is 11.6. The van der Waals surface area contributed by atoms with Crippen LogP contribution < -0.4 is 10.1 Å². The molecule has 2 aromatic rings. The molecule has 2 rings (SSSR count). The number of pyridine rings is 1. The van der Waals surface area contributed by atoms with Gasteiger partial charge in [0.1, 0.15) is 6.04 Å². The molecule has 0 saturated carbocycles. The average Bonchev–Trinajstić information content (AvgIpc) is 2.99. The van der Waals surface area contributed by atoms with Gasteiger partial charge in [0.2, 0.25) is 11.8 Å². The van der Waals surface area contributed by atoms with Crippen molar-refractivity contribution in [3.05, 3.63) is 42.4 Å². The van der Waals surface area contributed by atoms with E-state index in [1.807, 2.05) is 19.1 Å². The van der Waals surface area contributed by atoms with E-state index < -0.39 is 0 Å². The fourth-order valence-corrected chi connectivity index (χ4v) is 1.79. The van der Waals surface area contributed by atoms with E-state index >= 15 is 0 Å². The molecule has 0 unspecified atom stereocenters. The Kier molecular flexibility index (Phi) is 4.70. The first-order valence-electron chi connectivity index (χ1n) is 6.56. The highest BCUT2D eigenvalue weighted by molar-refractivity contribution is 5.79. The molecule has 1 amide bonds. The number of aromatic nitrogens is 3. The van der Waals surface area contributed by atoms with Crippen molar-refractivity contribution in [2.24, 2.45) is 0 Å². The molecule has 106 valence electrons. The van der Waals surface area contributed by atoms with Crippen LogP contribution in [0.15, 0.2) is 36.8 Å². The molecule has 0 aromatic carbocycles. The summed E-state index contributed by atoms with van der Waals surface area (Å²) in [5.41, 5.74) is 0.857. The second-order valence-corrected chi connectivity index (χ2v) is 4.28. The molecule has 6 nitrogen and oxygen atoms in total. The molecule has 0 aliphatic heterocycles. The van der Waals surface area contributed by atoms with Gasteiger partial charge in [-0.3, -0.25) is 9.48 Å². The third-order valence-corrected chi connectivity index (χ3v) is 2.89. The Morgan fingerprint density at radius 1 is 1.45 bits per heavy atom. The second kappa shape index (κ2) is 6.70. The highest BCUT2D eigenvalue weighted by atomic mass is 16.5. The number of amides is 1. The summed E-state index contributed by atoms with van der Waals surface area (Å²) in [7, 11) is 0. The molecule has 0 radical (unpaired) electrons. The number of hydrogen-bond donors (Lipinski definition) is 1. The summed E-state index contributed by atoms with van der Waals surface area (Å²) < 4.78 is 7.04. The second-order valence-electron chi connectivity index (χ2n) is 4.28. The van der Waals surface area contributed by atoms with Crippen LogP contribution in [0.5, 0.6) is 5.88 Å². The molecule has 0 aliphatic rings. The van der Waals surface area contributed by atoms with Crippen LogP contribution in [0, 0.1) is 0 Å². The van der Waals surface area contributed by atoms with Gasteiger partial charge >= 0.3 is 0 Å². The van der Waals surface area contributed by atoms with E-state index in [-0.39, 0.29) is 11.9 Å². The predicted molar refractivity (Wildman–Crippen MR) is 74.2 cm³/mol. The predicted octanol–water partition coefficient (Wildman–Crippen LogP) is 1.55. The first kappa shape index (κ1) is 14.0. The molecule has 2 heterocycles. The van der Waals surface area contributed by atoms with Gasteiger partial charge < -0.3 is 10.1 Å².